The highest BCUT2D eigenvalue weighted by atomic mass is 16.4. The fourth-order valence-electron chi connectivity index (χ4n) is 5.42. The number of allylic oxidation sites excluding steroid dienone is 4. The summed E-state index contributed by atoms with van der Waals surface area (Å²) in [6.07, 6.45) is 10.3. The van der Waals surface area contributed by atoms with Gasteiger partial charge >= 0.3 is 5.63 Å². The molecule has 1 aliphatic carbocycles. The minimum atomic E-state index is -0.337. The van der Waals surface area contributed by atoms with Crippen molar-refractivity contribution in [1.29, 1.82) is 0 Å². The van der Waals surface area contributed by atoms with Gasteiger partial charge in [-0.15, -0.1) is 0 Å². The lowest BCUT2D eigenvalue weighted by molar-refractivity contribution is -0.434. The van der Waals surface area contributed by atoms with E-state index in [1.54, 1.807) is 0 Å². The maximum atomic E-state index is 13.0. The Morgan fingerprint density at radius 2 is 1.92 bits per heavy atom. The van der Waals surface area contributed by atoms with Crippen LogP contribution in [0.5, 0.6) is 0 Å². The van der Waals surface area contributed by atoms with Gasteiger partial charge in [-0.25, -0.2) is 4.79 Å². The Bertz CT molecular complexity index is 1660. The van der Waals surface area contributed by atoms with Gasteiger partial charge in [-0.1, -0.05) is 11.8 Å². The topological polar surface area (TPSA) is 38.1 Å². The molecule has 2 aromatic heterocycles. The number of fused-ring (bicyclic) bond motifs is 2. The van der Waals surface area contributed by atoms with Crippen LogP contribution in [0.25, 0.3) is 22.6 Å². The van der Waals surface area contributed by atoms with Crippen LogP contribution in [0.15, 0.2) is 56.9 Å². The molecule has 3 aromatic rings. The van der Waals surface area contributed by atoms with Gasteiger partial charge in [-0.05, 0) is 87.6 Å². The Labute approximate surface area is 213 Å². The number of aryl methyl sites for hydroxylation is 3. The third-order valence-electron chi connectivity index (χ3n) is 7.47. The first kappa shape index (κ1) is 23.9. The molecule has 182 valence electrons. The summed E-state index contributed by atoms with van der Waals surface area (Å²) in [5, 5.41) is 0.939. The summed E-state index contributed by atoms with van der Waals surface area (Å²) in [5.41, 5.74) is 11.2. The van der Waals surface area contributed by atoms with Crippen LogP contribution in [0.2, 0.25) is 0 Å². The van der Waals surface area contributed by atoms with Crippen molar-refractivity contribution in [2.45, 2.75) is 53.4 Å². The van der Waals surface area contributed by atoms with E-state index in [1.165, 1.54) is 28.1 Å². The molecule has 4 heteroatoms. The summed E-state index contributed by atoms with van der Waals surface area (Å²) >= 11 is 0. The molecule has 5 rings (SSSR count). The monoisotopic (exact) mass is 477 g/mol. The molecule has 1 aliphatic heterocycles. The zero-order chi connectivity index (χ0) is 25.6. The first-order valence-electron chi connectivity index (χ1n) is 12.7. The van der Waals surface area contributed by atoms with Gasteiger partial charge in [-0.2, -0.15) is 4.58 Å². The smallest absolute Gasteiger partial charge is 0.343 e. The molecule has 0 amide bonds. The Morgan fingerprint density at radius 3 is 2.61 bits per heavy atom. The fourth-order valence-corrected chi connectivity index (χ4v) is 5.42. The van der Waals surface area contributed by atoms with Crippen molar-refractivity contribution < 1.29 is 8.99 Å². The lowest BCUT2D eigenvalue weighted by atomic mass is 9.97. The van der Waals surface area contributed by atoms with Gasteiger partial charge in [0.1, 0.15) is 12.6 Å². The molecule has 0 atom stereocenters. The quantitative estimate of drug-likeness (QED) is 0.252. The average molecular weight is 478 g/mol. The van der Waals surface area contributed by atoms with Gasteiger partial charge in [0.15, 0.2) is 5.71 Å². The number of hydrogen-bond acceptors (Lipinski definition) is 2. The van der Waals surface area contributed by atoms with E-state index in [0.717, 1.165) is 53.6 Å². The highest BCUT2D eigenvalue weighted by molar-refractivity contribution is 5.95. The van der Waals surface area contributed by atoms with Gasteiger partial charge in [0.25, 0.3) is 0 Å². The van der Waals surface area contributed by atoms with Crippen molar-refractivity contribution in [2.75, 3.05) is 7.05 Å². The van der Waals surface area contributed by atoms with Crippen LogP contribution < -0.4 is 5.63 Å². The standard InChI is InChI=1S/C32H33N2O2/c1-20-15-22(3)33(5)30(20)28(31-21(2)16-23(4)34(31)6)14-13-26-18-27-17-24-11-9-7-8-10-12-25(24)19-29(27)36-32(26)35/h13-19H,7-9,11H2,1-6H3/q+1. The van der Waals surface area contributed by atoms with Crippen molar-refractivity contribution in [3.05, 3.63) is 91.7 Å². The van der Waals surface area contributed by atoms with E-state index >= 15 is 0 Å². The van der Waals surface area contributed by atoms with E-state index in [0.29, 0.717) is 11.1 Å². The molecule has 0 saturated heterocycles. The molecule has 2 aliphatic rings. The maximum absolute atomic E-state index is 13.0. The molecule has 0 N–H and O–H groups in total. The van der Waals surface area contributed by atoms with Gasteiger partial charge in [-0.3, -0.25) is 0 Å². The number of rotatable bonds is 3. The Hall–Kier alpha value is -3.84. The minimum Gasteiger partial charge on any atom is -0.422 e. The lowest BCUT2D eigenvalue weighted by Crippen LogP contribution is -2.10. The molecule has 0 unspecified atom stereocenters. The molecule has 0 bridgehead atoms. The minimum absolute atomic E-state index is 0.337. The zero-order valence-electron chi connectivity index (χ0n) is 22.1. The Kier molecular flexibility index (Phi) is 6.18. The molecule has 0 radical (unpaired) electrons. The number of benzene rings is 1. The van der Waals surface area contributed by atoms with Crippen LogP contribution in [0.4, 0.5) is 0 Å². The molecule has 36 heavy (non-hydrogen) atoms. The summed E-state index contributed by atoms with van der Waals surface area (Å²) < 4.78 is 10.2. The van der Waals surface area contributed by atoms with E-state index in [1.807, 2.05) is 18.2 Å². The van der Waals surface area contributed by atoms with Gasteiger partial charge in [0.2, 0.25) is 5.70 Å². The summed E-state index contributed by atoms with van der Waals surface area (Å²) in [5.74, 6) is 6.49. The van der Waals surface area contributed by atoms with Crippen LogP contribution in [0.1, 0.15) is 66.8 Å². The fraction of sp³-hybridized carbons (Fsp3) is 0.312. The largest absolute Gasteiger partial charge is 0.422 e. The average Bonchev–Trinajstić information content (AvgIpc) is 3.22. The van der Waals surface area contributed by atoms with E-state index < -0.39 is 0 Å². The van der Waals surface area contributed by atoms with E-state index in [9.17, 15) is 4.79 Å². The summed E-state index contributed by atoms with van der Waals surface area (Å²) in [6, 6.07) is 8.23. The lowest BCUT2D eigenvalue weighted by Gasteiger charge is -2.11. The van der Waals surface area contributed by atoms with Gasteiger partial charge in [0.05, 0.1) is 16.8 Å². The molecule has 3 heterocycles. The van der Waals surface area contributed by atoms with Crippen molar-refractivity contribution in [2.24, 2.45) is 7.05 Å². The molecule has 0 spiro atoms. The van der Waals surface area contributed by atoms with E-state index in [2.05, 4.69) is 87.1 Å². The normalized spacial score (nSPS) is 17.1. The van der Waals surface area contributed by atoms with Crippen LogP contribution in [0.3, 0.4) is 0 Å². The Balaban J connectivity index is 1.66. The third kappa shape index (κ3) is 4.20. The molecule has 4 nitrogen and oxygen atoms in total. The van der Waals surface area contributed by atoms with Crippen molar-refractivity contribution in [3.63, 3.8) is 0 Å². The SMILES string of the molecule is CC1=CC(C)=[N+](C)C1=C(C=Cc1cc2cc3c(cc2oc1=O)C#CCCCC3)c1c(C)cc(C)n1C. The molecule has 1 aromatic carbocycles. The number of aromatic nitrogens is 1. The van der Waals surface area contributed by atoms with E-state index in [-0.39, 0.29) is 5.63 Å². The van der Waals surface area contributed by atoms with Crippen LogP contribution in [0, 0.1) is 25.7 Å². The van der Waals surface area contributed by atoms with E-state index in [4.69, 9.17) is 4.42 Å². The second-order valence-corrected chi connectivity index (χ2v) is 10.0. The first-order valence-corrected chi connectivity index (χ1v) is 12.7. The molecular formula is C32H33N2O2+. The third-order valence-corrected chi connectivity index (χ3v) is 7.47. The molecule has 0 saturated carbocycles. The highest BCUT2D eigenvalue weighted by Gasteiger charge is 2.27. The number of likely N-dealkylation sites (N-methyl/N-ethyl adjacent to an activating group) is 1. The summed E-state index contributed by atoms with van der Waals surface area (Å²) in [6.45, 7) is 8.52. The maximum Gasteiger partial charge on any atom is 0.343 e. The molecule has 0 fully saturated rings. The van der Waals surface area contributed by atoms with Gasteiger partial charge in [0, 0.05) is 48.7 Å². The first-order chi connectivity index (χ1) is 17.2. The predicted octanol–water partition coefficient (Wildman–Crippen LogP) is 6.31. The number of nitrogens with zero attached hydrogens (tertiary/aromatic N) is 2. The second kappa shape index (κ2) is 9.32. The predicted molar refractivity (Wildman–Crippen MR) is 148 cm³/mol. The van der Waals surface area contributed by atoms with Crippen molar-refractivity contribution in [1.82, 2.24) is 4.57 Å². The van der Waals surface area contributed by atoms with Crippen LogP contribution in [-0.4, -0.2) is 21.9 Å². The molecular weight excluding hydrogens is 444 g/mol. The Morgan fingerprint density at radius 1 is 1.11 bits per heavy atom. The van der Waals surface area contributed by atoms with Gasteiger partial charge < -0.3 is 8.98 Å². The summed E-state index contributed by atoms with van der Waals surface area (Å²) in [4.78, 5) is 13.0. The number of hydrogen-bond donors (Lipinski definition) is 0. The second-order valence-electron chi connectivity index (χ2n) is 10.0. The van der Waals surface area contributed by atoms with Crippen LogP contribution in [-0.2, 0) is 13.5 Å². The highest BCUT2D eigenvalue weighted by Crippen LogP contribution is 2.32. The van der Waals surface area contributed by atoms with Crippen molar-refractivity contribution >= 4 is 28.3 Å². The zero-order valence-corrected chi connectivity index (χ0v) is 22.1. The van der Waals surface area contributed by atoms with Crippen molar-refractivity contribution in [3.8, 4) is 11.8 Å². The van der Waals surface area contributed by atoms with Crippen LogP contribution >= 0.6 is 0 Å². The summed E-state index contributed by atoms with van der Waals surface area (Å²) in [7, 11) is 4.19.